The third-order valence-corrected chi connectivity index (χ3v) is 5.96. The smallest absolute Gasteiger partial charge is 0.217 e. The van der Waals surface area contributed by atoms with Gasteiger partial charge in [-0.3, -0.25) is 0 Å². The first kappa shape index (κ1) is 18.6. The first-order valence-corrected chi connectivity index (χ1v) is 10.2. The Morgan fingerprint density at radius 3 is 2.48 bits per heavy atom. The monoisotopic (exact) mass is 444 g/mol. The van der Waals surface area contributed by atoms with Crippen molar-refractivity contribution < 1.29 is 9.84 Å². The van der Waals surface area contributed by atoms with Crippen LogP contribution in [0.1, 0.15) is 35.4 Å². The van der Waals surface area contributed by atoms with E-state index in [0.717, 1.165) is 22.6 Å². The van der Waals surface area contributed by atoms with Gasteiger partial charge in [0.15, 0.2) is 0 Å². The van der Waals surface area contributed by atoms with Crippen molar-refractivity contribution in [3.8, 4) is 11.5 Å². The summed E-state index contributed by atoms with van der Waals surface area (Å²) in [4.78, 5) is 0. The highest BCUT2D eigenvalue weighted by Gasteiger charge is 2.42. The van der Waals surface area contributed by atoms with E-state index in [0.29, 0.717) is 22.0 Å². The predicted octanol–water partition coefficient (Wildman–Crippen LogP) is 6.59. The first-order chi connectivity index (χ1) is 14.0. The fraction of sp³-hybridized carbons (Fsp3) is 0.136. The molecule has 0 saturated carbocycles. The summed E-state index contributed by atoms with van der Waals surface area (Å²) < 4.78 is 6.25. The molecule has 0 aromatic heterocycles. The van der Waals surface area contributed by atoms with E-state index in [9.17, 15) is 5.11 Å². The van der Waals surface area contributed by atoms with Gasteiger partial charge < -0.3 is 9.84 Å². The van der Waals surface area contributed by atoms with Crippen molar-refractivity contribution in [1.82, 2.24) is 5.01 Å². The van der Waals surface area contributed by atoms with Crippen LogP contribution in [0, 0.1) is 0 Å². The number of hydrogen-bond acceptors (Lipinski definition) is 4. The van der Waals surface area contributed by atoms with E-state index >= 15 is 0 Å². The fourth-order valence-corrected chi connectivity index (χ4v) is 4.47. The van der Waals surface area contributed by atoms with Crippen LogP contribution in [-0.2, 0) is 0 Å². The molecule has 0 saturated heterocycles. The van der Waals surface area contributed by atoms with Gasteiger partial charge in [0.25, 0.3) is 0 Å². The number of phenolic OH excluding ortho intramolecular Hbond substituents is 1. The van der Waals surface area contributed by atoms with Crippen LogP contribution in [0.4, 0.5) is 0 Å². The van der Waals surface area contributed by atoms with Crippen LogP contribution in [0.15, 0.2) is 65.8 Å². The number of nitrogens with zero attached hydrogens (tertiary/aromatic N) is 2. The Morgan fingerprint density at radius 2 is 1.69 bits per heavy atom. The van der Waals surface area contributed by atoms with Crippen molar-refractivity contribution >= 4 is 40.5 Å². The van der Waals surface area contributed by atoms with Gasteiger partial charge in [0.05, 0.1) is 22.3 Å². The quantitative estimate of drug-likeness (QED) is 0.483. The molecule has 2 atom stereocenters. The molecular weight excluding hydrogens is 431 g/mol. The van der Waals surface area contributed by atoms with E-state index in [4.69, 9.17) is 44.6 Å². The maximum Gasteiger partial charge on any atom is 0.217 e. The predicted molar refractivity (Wildman–Crippen MR) is 115 cm³/mol. The van der Waals surface area contributed by atoms with Crippen LogP contribution in [0.25, 0.3) is 0 Å². The molecule has 3 aromatic rings. The molecule has 29 heavy (non-hydrogen) atoms. The highest BCUT2D eigenvalue weighted by atomic mass is 35.5. The van der Waals surface area contributed by atoms with E-state index in [-0.39, 0.29) is 16.8 Å². The molecule has 3 aromatic carbocycles. The molecule has 0 bridgehead atoms. The Bertz CT molecular complexity index is 1130. The molecule has 2 heterocycles. The van der Waals surface area contributed by atoms with Crippen LogP contribution in [0.5, 0.6) is 11.5 Å². The van der Waals surface area contributed by atoms with Crippen molar-refractivity contribution in [2.24, 2.45) is 5.10 Å². The summed E-state index contributed by atoms with van der Waals surface area (Å²) in [5, 5.41) is 18.6. The zero-order chi connectivity index (χ0) is 20.1. The van der Waals surface area contributed by atoms with Crippen LogP contribution >= 0.6 is 34.8 Å². The standard InChI is InChI=1S/C22H15Cl3N2O2/c23-13-7-5-12(6-8-13)18-11-19-15-3-1-2-4-20(15)29-22(27(19)26-18)16-9-14(24)10-17(25)21(16)28/h1-10,19,22,28H,11H2/t19-,22-/m0/s1. The van der Waals surface area contributed by atoms with Gasteiger partial charge >= 0.3 is 0 Å². The summed E-state index contributed by atoms with van der Waals surface area (Å²) >= 11 is 18.4. The minimum absolute atomic E-state index is 0.0345. The van der Waals surface area contributed by atoms with Gasteiger partial charge in [-0.05, 0) is 35.9 Å². The van der Waals surface area contributed by atoms with Gasteiger partial charge in [0, 0.05) is 22.0 Å². The Morgan fingerprint density at radius 1 is 0.931 bits per heavy atom. The summed E-state index contributed by atoms with van der Waals surface area (Å²) in [6.45, 7) is 0. The average molecular weight is 446 g/mol. The van der Waals surface area contributed by atoms with Crippen LogP contribution in [0.2, 0.25) is 15.1 Å². The highest BCUT2D eigenvalue weighted by Crippen LogP contribution is 2.49. The van der Waals surface area contributed by atoms with Gasteiger partial charge in [0.1, 0.15) is 11.5 Å². The molecular formula is C22H15Cl3N2O2. The second-order valence-electron chi connectivity index (χ2n) is 6.99. The molecule has 0 fully saturated rings. The third kappa shape index (κ3) is 3.21. The number of hydrazone groups is 1. The molecule has 4 nitrogen and oxygen atoms in total. The van der Waals surface area contributed by atoms with E-state index in [1.165, 1.54) is 6.07 Å². The van der Waals surface area contributed by atoms with E-state index in [2.05, 4.69) is 0 Å². The van der Waals surface area contributed by atoms with Gasteiger partial charge in [-0.1, -0.05) is 65.1 Å². The zero-order valence-corrected chi connectivity index (χ0v) is 17.3. The fourth-order valence-electron chi connectivity index (χ4n) is 3.83. The number of fused-ring (bicyclic) bond motifs is 3. The lowest BCUT2D eigenvalue weighted by Crippen LogP contribution is -2.33. The second kappa shape index (κ2) is 7.13. The number of para-hydroxylation sites is 1. The molecule has 0 unspecified atom stereocenters. The van der Waals surface area contributed by atoms with E-state index in [1.54, 1.807) is 6.07 Å². The second-order valence-corrected chi connectivity index (χ2v) is 8.27. The Labute approximate surface area is 182 Å². The molecule has 5 rings (SSSR count). The summed E-state index contributed by atoms with van der Waals surface area (Å²) in [5.74, 6) is 0.691. The maximum atomic E-state index is 10.6. The van der Waals surface area contributed by atoms with Crippen molar-refractivity contribution in [3.63, 3.8) is 0 Å². The normalized spacial score (nSPS) is 20.0. The first-order valence-electron chi connectivity index (χ1n) is 9.06. The molecule has 0 radical (unpaired) electrons. The van der Waals surface area contributed by atoms with Gasteiger partial charge in [-0.25, -0.2) is 5.01 Å². The Balaban J connectivity index is 1.63. The van der Waals surface area contributed by atoms with Gasteiger partial charge in [0.2, 0.25) is 6.23 Å². The lowest BCUT2D eigenvalue weighted by atomic mass is 9.96. The summed E-state index contributed by atoms with van der Waals surface area (Å²) in [6.07, 6.45) is 0.0454. The van der Waals surface area contributed by atoms with E-state index < -0.39 is 6.23 Å². The molecule has 0 aliphatic carbocycles. The van der Waals surface area contributed by atoms with Crippen LogP contribution < -0.4 is 4.74 Å². The summed E-state index contributed by atoms with van der Waals surface area (Å²) in [7, 11) is 0. The Kier molecular flexibility index (Phi) is 4.58. The average Bonchev–Trinajstić information content (AvgIpc) is 3.16. The minimum atomic E-state index is -0.657. The molecule has 7 heteroatoms. The van der Waals surface area contributed by atoms with Crippen molar-refractivity contribution in [3.05, 3.63) is 92.4 Å². The molecule has 0 amide bonds. The maximum absolute atomic E-state index is 10.6. The lowest BCUT2D eigenvalue weighted by Gasteiger charge is -2.38. The molecule has 1 N–H and O–H groups in total. The van der Waals surface area contributed by atoms with Gasteiger partial charge in [-0.15, -0.1) is 0 Å². The SMILES string of the molecule is Oc1c(Cl)cc(Cl)cc1[C@@H]1Oc2ccccc2[C@@H]2CC(c3ccc(Cl)cc3)=NN21. The number of rotatable bonds is 2. The number of phenols is 1. The topological polar surface area (TPSA) is 45.1 Å². The summed E-state index contributed by atoms with van der Waals surface area (Å²) in [5.41, 5.74) is 3.44. The molecule has 2 aliphatic rings. The van der Waals surface area contributed by atoms with Crippen molar-refractivity contribution in [2.45, 2.75) is 18.7 Å². The van der Waals surface area contributed by atoms with E-state index in [1.807, 2.05) is 53.5 Å². The number of aromatic hydroxyl groups is 1. The third-order valence-electron chi connectivity index (χ3n) is 5.20. The highest BCUT2D eigenvalue weighted by molar-refractivity contribution is 6.35. The molecule has 2 aliphatic heterocycles. The van der Waals surface area contributed by atoms with Crippen LogP contribution in [-0.4, -0.2) is 15.8 Å². The minimum Gasteiger partial charge on any atom is -0.506 e. The molecule has 146 valence electrons. The largest absolute Gasteiger partial charge is 0.506 e. The number of benzene rings is 3. The Hall–Kier alpha value is -2.40. The zero-order valence-electron chi connectivity index (χ0n) is 15.0. The molecule has 0 spiro atoms. The summed E-state index contributed by atoms with van der Waals surface area (Å²) in [6, 6.07) is 18.6. The van der Waals surface area contributed by atoms with Gasteiger partial charge in [-0.2, -0.15) is 5.10 Å². The van der Waals surface area contributed by atoms with Crippen LogP contribution in [0.3, 0.4) is 0 Å². The van der Waals surface area contributed by atoms with Crippen molar-refractivity contribution in [2.75, 3.05) is 0 Å². The lowest BCUT2D eigenvalue weighted by molar-refractivity contribution is -0.0203. The number of ether oxygens (including phenoxy) is 1. The number of halogens is 3. The number of hydrogen-bond donors (Lipinski definition) is 1. The van der Waals surface area contributed by atoms with Crippen molar-refractivity contribution in [1.29, 1.82) is 0 Å².